The van der Waals surface area contributed by atoms with Crippen molar-refractivity contribution in [2.75, 3.05) is 6.61 Å². The molecule has 9 nitrogen and oxygen atoms in total. The van der Waals surface area contributed by atoms with Crippen LogP contribution in [-0.2, 0) is 26.9 Å². The average molecular weight is 636 g/mol. The van der Waals surface area contributed by atoms with Crippen LogP contribution in [0.15, 0.2) is 66.7 Å². The van der Waals surface area contributed by atoms with Crippen molar-refractivity contribution in [1.29, 1.82) is 0 Å². The van der Waals surface area contributed by atoms with Crippen LogP contribution in [0, 0.1) is 0 Å². The van der Waals surface area contributed by atoms with Gasteiger partial charge in [-0.15, -0.1) is 0 Å². The number of ether oxygens (including phenoxy) is 1. The Morgan fingerprint density at radius 3 is 1.95 bits per heavy atom. The van der Waals surface area contributed by atoms with Gasteiger partial charge in [0.1, 0.15) is 12.4 Å². The molecule has 1 amide bonds. The predicted molar refractivity (Wildman–Crippen MR) is 178 cm³/mol. The third-order valence-corrected chi connectivity index (χ3v) is 7.58. The predicted octanol–water partition coefficient (Wildman–Crippen LogP) is 7.93. The van der Waals surface area contributed by atoms with E-state index in [2.05, 4.69) is 28.9 Å². The van der Waals surface area contributed by atoms with Crippen LogP contribution in [0.2, 0.25) is 0 Å². The molecule has 1 unspecified atom stereocenters. The summed E-state index contributed by atoms with van der Waals surface area (Å²) in [6.07, 6.45) is 20.7. The number of hydrogen-bond acceptors (Lipinski definition) is 6. The number of allylic oxidation sites excluding steroid dienone is 2. The van der Waals surface area contributed by atoms with Crippen LogP contribution in [0.3, 0.4) is 0 Å². The first-order chi connectivity index (χ1) is 20.4. The summed E-state index contributed by atoms with van der Waals surface area (Å²) in [4.78, 5) is 34.7. The van der Waals surface area contributed by atoms with E-state index in [0.29, 0.717) is 25.2 Å². The number of carbonyl (C=O) groups excluding carboxylic acids is 1. The first kappa shape index (κ1) is 41.5. The second-order valence-electron chi connectivity index (χ2n) is 11.0. The van der Waals surface area contributed by atoms with Crippen LogP contribution in [0.4, 0.5) is 0 Å². The van der Waals surface area contributed by atoms with Gasteiger partial charge in [0, 0.05) is 6.42 Å². The molecule has 9 N–H and O–H groups in total. The van der Waals surface area contributed by atoms with Crippen molar-refractivity contribution in [3.8, 4) is 5.75 Å². The summed E-state index contributed by atoms with van der Waals surface area (Å²) in [5, 5.41) is 2.85. The van der Waals surface area contributed by atoms with E-state index in [-0.39, 0.29) is 18.2 Å². The van der Waals surface area contributed by atoms with Crippen molar-refractivity contribution >= 4 is 13.7 Å². The number of carbonyl (C=O) groups is 1. The Labute approximate surface area is 265 Å². The fourth-order valence-corrected chi connectivity index (χ4v) is 5.10. The summed E-state index contributed by atoms with van der Waals surface area (Å²) >= 11 is 0. The molecular weight excluding hydrogens is 577 g/mol. The van der Waals surface area contributed by atoms with Crippen LogP contribution in [0.5, 0.6) is 5.75 Å². The molecule has 44 heavy (non-hydrogen) atoms. The fraction of sp³-hybridized carbons (Fsp3) is 0.559. The maximum Gasteiger partial charge on any atom is 0.220 e. The zero-order chi connectivity index (χ0) is 30.3. The molecule has 0 spiro atoms. The number of phosphoric acid groups is 1. The molecule has 2 rings (SSSR count). The van der Waals surface area contributed by atoms with Crippen molar-refractivity contribution in [3.63, 3.8) is 0 Å². The van der Waals surface area contributed by atoms with E-state index in [9.17, 15) is 19.1 Å². The quantitative estimate of drug-likeness (QED) is 0.0597. The van der Waals surface area contributed by atoms with Gasteiger partial charge in [-0.1, -0.05) is 113 Å². The molecule has 0 fully saturated rings. The highest BCUT2D eigenvalue weighted by atomic mass is 31.2. The normalized spacial score (nSPS) is 11.9. The van der Waals surface area contributed by atoms with Gasteiger partial charge in [-0.05, 0) is 61.8 Å². The van der Waals surface area contributed by atoms with E-state index >= 15 is 0 Å². The van der Waals surface area contributed by atoms with E-state index in [1.54, 1.807) is 0 Å². The number of benzene rings is 2. The lowest BCUT2D eigenvalue weighted by atomic mass is 10.1. The smallest absolute Gasteiger partial charge is 0.220 e. The van der Waals surface area contributed by atoms with Gasteiger partial charge in [-0.2, -0.15) is 0 Å². The van der Waals surface area contributed by atoms with Crippen LogP contribution < -0.4 is 32.1 Å². The lowest BCUT2D eigenvalue weighted by Crippen LogP contribution is -2.40. The van der Waals surface area contributed by atoms with Gasteiger partial charge in [-0.25, -0.2) is 0 Å². The van der Waals surface area contributed by atoms with Gasteiger partial charge in [0.05, 0.1) is 20.5 Å². The minimum atomic E-state index is -5.14. The Morgan fingerprint density at radius 1 is 0.795 bits per heavy atom. The molecule has 2 aromatic carbocycles. The zero-order valence-electron chi connectivity index (χ0n) is 27.3. The molecule has 0 aliphatic rings. The molecule has 0 heterocycles. The third kappa shape index (κ3) is 22.1. The summed E-state index contributed by atoms with van der Waals surface area (Å²) in [6, 6.07) is 16.6. The SMILES string of the molecule is CCCCCCCC/C=C/CCCCCCCC(=O)NC(COP(=O)([O-])[O-])Cc1ccc(OCc2ccccc2)cc1.[NH4+].[NH4+]. The second-order valence-corrected chi connectivity index (χ2v) is 12.1. The van der Waals surface area contributed by atoms with Crippen LogP contribution in [0.25, 0.3) is 0 Å². The number of amides is 1. The van der Waals surface area contributed by atoms with Gasteiger partial charge in [-0.3, -0.25) is 4.79 Å². The Kier molecular flexibility index (Phi) is 24.3. The van der Waals surface area contributed by atoms with Crippen molar-refractivity contribution in [2.24, 2.45) is 0 Å². The number of quaternary nitrogens is 2. The highest BCUT2D eigenvalue weighted by molar-refractivity contribution is 7.43. The molecule has 0 aromatic heterocycles. The number of unbranched alkanes of at least 4 members (excludes halogenated alkanes) is 11. The van der Waals surface area contributed by atoms with Crippen LogP contribution in [0.1, 0.15) is 108 Å². The van der Waals surface area contributed by atoms with Crippen molar-refractivity contribution in [1.82, 2.24) is 17.6 Å². The Bertz CT molecular complexity index is 1050. The van der Waals surface area contributed by atoms with E-state index in [4.69, 9.17) is 4.74 Å². The minimum absolute atomic E-state index is 0. The molecule has 10 heteroatoms. The molecule has 2 aromatic rings. The summed E-state index contributed by atoms with van der Waals surface area (Å²) in [7, 11) is -5.14. The van der Waals surface area contributed by atoms with Gasteiger partial charge >= 0.3 is 0 Å². The maximum absolute atomic E-state index is 12.6. The second kappa shape index (κ2) is 25.8. The number of hydrogen-bond donors (Lipinski definition) is 3. The van der Waals surface area contributed by atoms with E-state index in [1.807, 2.05) is 54.6 Å². The van der Waals surface area contributed by atoms with Crippen molar-refractivity contribution in [3.05, 3.63) is 77.9 Å². The summed E-state index contributed by atoms with van der Waals surface area (Å²) in [5.74, 6) is 0.530. The Hall–Kier alpha value is -2.52. The van der Waals surface area contributed by atoms with Gasteiger partial charge in [0.25, 0.3) is 0 Å². The summed E-state index contributed by atoms with van der Waals surface area (Å²) in [5.41, 5.74) is 1.93. The molecule has 0 saturated heterocycles. The van der Waals surface area contributed by atoms with Crippen LogP contribution >= 0.6 is 7.82 Å². The summed E-state index contributed by atoms with van der Waals surface area (Å²) in [6.45, 7) is 2.30. The molecule has 250 valence electrons. The first-order valence-electron chi connectivity index (χ1n) is 15.7. The first-order valence-corrected chi connectivity index (χ1v) is 17.2. The average Bonchev–Trinajstić information content (AvgIpc) is 2.97. The molecule has 1 atom stereocenters. The maximum atomic E-state index is 12.6. The molecule has 0 aliphatic heterocycles. The fourth-order valence-electron chi connectivity index (χ4n) is 4.74. The van der Waals surface area contributed by atoms with Gasteiger partial charge in [0.15, 0.2) is 0 Å². The number of phosphoric ester groups is 1. The summed E-state index contributed by atoms with van der Waals surface area (Å²) < 4.78 is 21.4. The van der Waals surface area contributed by atoms with Crippen molar-refractivity contribution in [2.45, 2.75) is 116 Å². The van der Waals surface area contributed by atoms with Crippen molar-refractivity contribution < 1.29 is 28.4 Å². The largest absolute Gasteiger partial charge is 0.790 e. The topological polar surface area (TPSA) is 184 Å². The molecule has 0 aliphatic carbocycles. The van der Waals surface area contributed by atoms with Gasteiger partial charge < -0.3 is 41.2 Å². The lowest BCUT2D eigenvalue weighted by Gasteiger charge is -2.31. The molecule has 0 radical (unpaired) electrons. The van der Waals surface area contributed by atoms with E-state index in [0.717, 1.165) is 43.2 Å². The molecular formula is C34H58N3O6P. The Balaban J connectivity index is 0.00000924. The molecule has 0 saturated carbocycles. The number of rotatable bonds is 24. The highest BCUT2D eigenvalue weighted by Crippen LogP contribution is 2.25. The monoisotopic (exact) mass is 635 g/mol. The minimum Gasteiger partial charge on any atom is -0.790 e. The van der Waals surface area contributed by atoms with E-state index < -0.39 is 20.5 Å². The zero-order valence-corrected chi connectivity index (χ0v) is 28.2. The number of nitrogens with one attached hydrogen (secondary N) is 1. The highest BCUT2D eigenvalue weighted by Gasteiger charge is 2.14. The third-order valence-electron chi connectivity index (χ3n) is 7.12. The standard InChI is InChI=1S/C34H52NO6P.2H3N/c1-2-3-4-5-6-7-8-9-10-11-12-13-14-15-19-22-34(36)35-32(29-41-42(37,38)39)27-30-23-25-33(26-24-30)40-28-31-20-17-16-18-21-31;;/h9-10,16-18,20-21,23-26,32H,2-8,11-15,19,22,27-29H2,1H3,(H,35,36)(H2,37,38,39);2*1H3/b10-9+;;. The molecule has 0 bridgehead atoms. The van der Waals surface area contributed by atoms with Crippen LogP contribution in [-0.4, -0.2) is 18.6 Å². The van der Waals surface area contributed by atoms with E-state index in [1.165, 1.54) is 51.4 Å². The Morgan fingerprint density at radius 2 is 1.36 bits per heavy atom. The van der Waals surface area contributed by atoms with Gasteiger partial charge in [0.2, 0.25) is 5.91 Å². The lowest BCUT2D eigenvalue weighted by molar-refractivity contribution is -0.342.